The van der Waals surface area contributed by atoms with E-state index < -0.39 is 10.0 Å². The quantitative estimate of drug-likeness (QED) is 0.695. The van der Waals surface area contributed by atoms with Crippen LogP contribution in [-0.2, 0) is 14.8 Å². The zero-order chi connectivity index (χ0) is 12.9. The van der Waals surface area contributed by atoms with Gasteiger partial charge in [-0.15, -0.1) is 0 Å². The third kappa shape index (κ3) is 5.81. The van der Waals surface area contributed by atoms with E-state index >= 15 is 0 Å². The maximum Gasteiger partial charge on any atom is 0.213 e. The molecule has 2 atom stereocenters. The summed E-state index contributed by atoms with van der Waals surface area (Å²) in [4.78, 5) is 0. The summed E-state index contributed by atoms with van der Waals surface area (Å²) in [6.07, 6.45) is 0.938. The fourth-order valence-electron chi connectivity index (χ4n) is 1.87. The first-order chi connectivity index (χ1) is 7.91. The molecule has 1 heterocycles. The maximum atomic E-state index is 11.8. The predicted octanol–water partition coefficient (Wildman–Crippen LogP) is 0.329. The first kappa shape index (κ1) is 14.9. The van der Waals surface area contributed by atoms with E-state index in [9.17, 15) is 8.42 Å². The minimum atomic E-state index is -3.18. The molecule has 2 N–H and O–H groups in total. The van der Waals surface area contributed by atoms with Gasteiger partial charge in [-0.2, -0.15) is 0 Å². The maximum absolute atomic E-state index is 11.8. The lowest BCUT2D eigenvalue weighted by atomic mass is 10.0. The normalized spacial score (nSPS) is 23.2. The third-order valence-electron chi connectivity index (χ3n) is 2.96. The molecule has 17 heavy (non-hydrogen) atoms. The van der Waals surface area contributed by atoms with Crippen LogP contribution in [0.2, 0.25) is 0 Å². The molecule has 0 aliphatic carbocycles. The van der Waals surface area contributed by atoms with E-state index in [2.05, 4.69) is 10.0 Å². The smallest absolute Gasteiger partial charge is 0.213 e. The number of hydrogen-bond donors (Lipinski definition) is 2. The van der Waals surface area contributed by atoms with Gasteiger partial charge < -0.3 is 10.1 Å². The Bertz CT molecular complexity index is 311. The van der Waals surface area contributed by atoms with Crippen LogP contribution in [0.3, 0.4) is 0 Å². The molecule has 0 spiro atoms. The van der Waals surface area contributed by atoms with Gasteiger partial charge in [-0.3, -0.25) is 0 Å². The minimum absolute atomic E-state index is 0.0402. The molecule has 6 heteroatoms. The minimum Gasteiger partial charge on any atom is -0.381 e. The van der Waals surface area contributed by atoms with Gasteiger partial charge in [0.2, 0.25) is 10.0 Å². The molecule has 2 unspecified atom stereocenters. The highest BCUT2D eigenvalue weighted by Gasteiger charge is 2.25. The van der Waals surface area contributed by atoms with Crippen LogP contribution in [0.4, 0.5) is 0 Å². The number of rotatable bonds is 7. The summed E-state index contributed by atoms with van der Waals surface area (Å²) in [5.41, 5.74) is 0. The Morgan fingerprint density at radius 2 is 2.06 bits per heavy atom. The molecular weight excluding hydrogens is 240 g/mol. The van der Waals surface area contributed by atoms with Gasteiger partial charge in [0.1, 0.15) is 0 Å². The Hall–Kier alpha value is -0.170. The van der Waals surface area contributed by atoms with Gasteiger partial charge in [0.25, 0.3) is 0 Å². The lowest BCUT2D eigenvalue weighted by Gasteiger charge is -2.19. The average molecular weight is 264 g/mol. The van der Waals surface area contributed by atoms with Crippen LogP contribution in [0.1, 0.15) is 27.2 Å². The zero-order valence-electron chi connectivity index (χ0n) is 10.9. The second kappa shape index (κ2) is 6.68. The molecule has 0 radical (unpaired) electrons. The molecule has 102 valence electrons. The van der Waals surface area contributed by atoms with E-state index in [1.807, 2.05) is 20.8 Å². The third-order valence-corrected chi connectivity index (χ3v) is 4.43. The van der Waals surface area contributed by atoms with Crippen LogP contribution >= 0.6 is 0 Å². The molecular formula is C11H24N2O3S. The van der Waals surface area contributed by atoms with E-state index in [1.54, 1.807) is 0 Å². The Labute approximate surface area is 104 Å². The highest BCUT2D eigenvalue weighted by Crippen LogP contribution is 2.16. The Morgan fingerprint density at radius 1 is 1.35 bits per heavy atom. The second-order valence-corrected chi connectivity index (χ2v) is 6.83. The molecule has 0 amide bonds. The molecule has 0 saturated carbocycles. The fourth-order valence-corrected chi connectivity index (χ4v) is 3.13. The molecule has 0 aromatic heterocycles. The first-order valence-electron chi connectivity index (χ1n) is 6.22. The summed E-state index contributed by atoms with van der Waals surface area (Å²) in [7, 11) is -3.18. The van der Waals surface area contributed by atoms with Crippen molar-refractivity contribution < 1.29 is 13.2 Å². The highest BCUT2D eigenvalue weighted by molar-refractivity contribution is 7.89. The van der Waals surface area contributed by atoms with Gasteiger partial charge in [-0.25, -0.2) is 13.1 Å². The van der Waals surface area contributed by atoms with Gasteiger partial charge in [0.05, 0.1) is 12.4 Å². The zero-order valence-corrected chi connectivity index (χ0v) is 11.7. The van der Waals surface area contributed by atoms with Crippen molar-refractivity contribution in [2.24, 2.45) is 5.92 Å². The standard InChI is InChI=1S/C11H24N2O3S/c1-9(2)12-5-7-17(14,15)13-10(3)11-4-6-16-8-11/h9-13H,4-8H2,1-3H3. The van der Waals surface area contributed by atoms with E-state index in [0.29, 0.717) is 25.1 Å². The van der Waals surface area contributed by atoms with Crippen molar-refractivity contribution in [2.45, 2.75) is 39.3 Å². The summed E-state index contributed by atoms with van der Waals surface area (Å²) in [5.74, 6) is 0.436. The SMILES string of the molecule is CC(C)NCCS(=O)(=O)NC(C)C1CCOC1. The van der Waals surface area contributed by atoms with Gasteiger partial charge in [-0.1, -0.05) is 13.8 Å². The van der Waals surface area contributed by atoms with Crippen LogP contribution in [0.5, 0.6) is 0 Å². The van der Waals surface area contributed by atoms with Crippen LogP contribution in [0.25, 0.3) is 0 Å². The summed E-state index contributed by atoms with van der Waals surface area (Å²) in [6.45, 7) is 7.80. The van der Waals surface area contributed by atoms with E-state index in [0.717, 1.165) is 13.0 Å². The number of sulfonamides is 1. The lowest BCUT2D eigenvalue weighted by Crippen LogP contribution is -2.42. The molecule has 1 aliphatic heterocycles. The highest BCUT2D eigenvalue weighted by atomic mass is 32.2. The number of hydrogen-bond acceptors (Lipinski definition) is 4. The van der Waals surface area contributed by atoms with Crippen molar-refractivity contribution in [2.75, 3.05) is 25.5 Å². The number of ether oxygens (including phenoxy) is 1. The van der Waals surface area contributed by atoms with Crippen molar-refractivity contribution in [1.82, 2.24) is 10.0 Å². The topological polar surface area (TPSA) is 67.4 Å². The van der Waals surface area contributed by atoms with Gasteiger partial charge in [0.15, 0.2) is 0 Å². The van der Waals surface area contributed by atoms with Crippen molar-refractivity contribution in [3.63, 3.8) is 0 Å². The Kier molecular flexibility index (Phi) is 5.85. The van der Waals surface area contributed by atoms with Crippen molar-refractivity contribution in [3.8, 4) is 0 Å². The fraction of sp³-hybridized carbons (Fsp3) is 1.00. The molecule has 1 rings (SSSR count). The molecule has 1 saturated heterocycles. The summed E-state index contributed by atoms with van der Waals surface area (Å²) >= 11 is 0. The molecule has 0 aromatic carbocycles. The Morgan fingerprint density at radius 3 is 2.59 bits per heavy atom. The summed E-state index contributed by atoms with van der Waals surface area (Å²) < 4.78 is 31.6. The van der Waals surface area contributed by atoms with Gasteiger partial charge in [-0.05, 0) is 13.3 Å². The largest absolute Gasteiger partial charge is 0.381 e. The van der Waals surface area contributed by atoms with Gasteiger partial charge >= 0.3 is 0 Å². The lowest BCUT2D eigenvalue weighted by molar-refractivity contribution is 0.180. The van der Waals surface area contributed by atoms with Crippen molar-refractivity contribution >= 4 is 10.0 Å². The summed E-state index contributed by atoms with van der Waals surface area (Å²) in [6, 6.07) is 0.271. The second-order valence-electron chi connectivity index (χ2n) is 4.96. The Balaban J connectivity index is 2.32. The van der Waals surface area contributed by atoms with E-state index in [-0.39, 0.29) is 11.8 Å². The van der Waals surface area contributed by atoms with E-state index in [4.69, 9.17) is 4.74 Å². The summed E-state index contributed by atoms with van der Waals surface area (Å²) in [5, 5.41) is 3.10. The molecule has 1 fully saturated rings. The van der Waals surface area contributed by atoms with E-state index in [1.165, 1.54) is 0 Å². The predicted molar refractivity (Wildman–Crippen MR) is 68.4 cm³/mol. The van der Waals surface area contributed by atoms with Crippen molar-refractivity contribution in [1.29, 1.82) is 0 Å². The van der Waals surface area contributed by atoms with Gasteiger partial charge in [0, 0.05) is 31.2 Å². The van der Waals surface area contributed by atoms with Crippen molar-refractivity contribution in [3.05, 3.63) is 0 Å². The average Bonchev–Trinajstić information content (AvgIpc) is 2.68. The number of nitrogens with one attached hydrogen (secondary N) is 2. The molecule has 0 bridgehead atoms. The molecule has 1 aliphatic rings. The van der Waals surface area contributed by atoms with Crippen LogP contribution in [0.15, 0.2) is 0 Å². The van der Waals surface area contributed by atoms with Crippen LogP contribution in [-0.4, -0.2) is 46.0 Å². The van der Waals surface area contributed by atoms with Crippen LogP contribution in [0, 0.1) is 5.92 Å². The monoisotopic (exact) mass is 264 g/mol. The molecule has 0 aromatic rings. The molecule has 5 nitrogen and oxygen atoms in total. The van der Waals surface area contributed by atoms with Crippen LogP contribution < -0.4 is 10.0 Å². The first-order valence-corrected chi connectivity index (χ1v) is 7.87.